The van der Waals surface area contributed by atoms with E-state index in [2.05, 4.69) is 27.0 Å². The Morgan fingerprint density at radius 2 is 2.30 bits per heavy atom. The van der Waals surface area contributed by atoms with Crippen LogP contribution in [0, 0.1) is 0 Å². The molecule has 3 rings (SSSR count). The molecule has 0 aliphatic carbocycles. The molecule has 0 spiro atoms. The van der Waals surface area contributed by atoms with Crippen molar-refractivity contribution in [3.8, 4) is 11.7 Å². The fourth-order valence-corrected chi connectivity index (χ4v) is 2.47. The van der Waals surface area contributed by atoms with Crippen LogP contribution in [-0.4, -0.2) is 59.3 Å². The summed E-state index contributed by atoms with van der Waals surface area (Å²) in [4.78, 5) is 4.58. The number of furan rings is 1. The molecule has 7 nitrogen and oxygen atoms in total. The lowest BCUT2D eigenvalue weighted by Gasteiger charge is -2.38. The van der Waals surface area contributed by atoms with E-state index in [1.165, 1.54) is 0 Å². The molecular weight excluding hydrogens is 258 g/mol. The zero-order valence-corrected chi connectivity index (χ0v) is 11.5. The molecule has 2 N–H and O–H groups in total. The van der Waals surface area contributed by atoms with Gasteiger partial charge in [0.05, 0.1) is 12.8 Å². The zero-order chi connectivity index (χ0) is 13.9. The lowest BCUT2D eigenvalue weighted by Crippen LogP contribution is -2.54. The van der Waals surface area contributed by atoms with Crippen molar-refractivity contribution in [1.82, 2.24) is 20.0 Å². The van der Waals surface area contributed by atoms with Crippen LogP contribution in [0.25, 0.3) is 11.7 Å². The van der Waals surface area contributed by atoms with Gasteiger partial charge in [-0.1, -0.05) is 0 Å². The van der Waals surface area contributed by atoms with Crippen molar-refractivity contribution >= 4 is 0 Å². The predicted octanol–water partition coefficient (Wildman–Crippen LogP) is 0.404. The largest absolute Gasteiger partial charge is 0.459 e. The van der Waals surface area contributed by atoms with Crippen LogP contribution in [0.2, 0.25) is 0 Å². The van der Waals surface area contributed by atoms with Crippen LogP contribution in [0.1, 0.15) is 5.89 Å². The van der Waals surface area contributed by atoms with Gasteiger partial charge in [0.1, 0.15) is 0 Å². The highest BCUT2D eigenvalue weighted by Gasteiger charge is 2.25. The number of aromatic nitrogens is 2. The summed E-state index contributed by atoms with van der Waals surface area (Å²) < 4.78 is 10.9. The second kappa shape index (κ2) is 5.74. The second-order valence-electron chi connectivity index (χ2n) is 5.10. The lowest BCUT2D eigenvalue weighted by molar-refractivity contribution is 0.0805. The smallest absolute Gasteiger partial charge is 0.283 e. The van der Waals surface area contributed by atoms with Crippen LogP contribution in [-0.2, 0) is 6.54 Å². The van der Waals surface area contributed by atoms with Crippen molar-refractivity contribution in [2.24, 2.45) is 5.73 Å². The summed E-state index contributed by atoms with van der Waals surface area (Å²) in [7, 11) is 2.11. The van der Waals surface area contributed by atoms with E-state index >= 15 is 0 Å². The summed E-state index contributed by atoms with van der Waals surface area (Å²) in [5, 5.41) is 8.09. The average Bonchev–Trinajstić information content (AvgIpc) is 3.11. The Hall–Kier alpha value is -1.70. The van der Waals surface area contributed by atoms with Crippen molar-refractivity contribution in [3.05, 3.63) is 24.3 Å². The van der Waals surface area contributed by atoms with E-state index in [0.717, 1.165) is 19.6 Å². The molecule has 2 aromatic rings. The molecule has 20 heavy (non-hydrogen) atoms. The molecule has 0 aromatic carbocycles. The standard InChI is InChI=1S/C13H19N5O2/c1-17-4-5-18(10(7-14)8-17)9-12-15-16-13(20-12)11-3-2-6-19-11/h2-3,6,10H,4-5,7-9,14H2,1H3. The van der Waals surface area contributed by atoms with Gasteiger partial charge in [-0.15, -0.1) is 10.2 Å². The summed E-state index contributed by atoms with van der Waals surface area (Å²) in [5.41, 5.74) is 5.84. The van der Waals surface area contributed by atoms with E-state index in [-0.39, 0.29) is 0 Å². The molecule has 0 amide bonds. The SMILES string of the molecule is CN1CCN(Cc2nnc(-c3ccco3)o2)C(CN)C1. The van der Waals surface area contributed by atoms with Gasteiger partial charge in [0.25, 0.3) is 5.89 Å². The molecule has 1 aliphatic heterocycles. The van der Waals surface area contributed by atoms with Crippen LogP contribution in [0.3, 0.4) is 0 Å². The molecule has 108 valence electrons. The van der Waals surface area contributed by atoms with Gasteiger partial charge in [0, 0.05) is 32.2 Å². The van der Waals surface area contributed by atoms with Crippen LogP contribution in [0.15, 0.2) is 27.2 Å². The van der Waals surface area contributed by atoms with Crippen LogP contribution in [0.5, 0.6) is 0 Å². The third kappa shape index (κ3) is 2.74. The first kappa shape index (κ1) is 13.3. The Bertz CT molecular complexity index is 539. The molecule has 0 saturated carbocycles. The minimum Gasteiger partial charge on any atom is -0.459 e. The quantitative estimate of drug-likeness (QED) is 0.866. The first-order valence-electron chi connectivity index (χ1n) is 6.75. The third-order valence-electron chi connectivity index (χ3n) is 3.62. The van der Waals surface area contributed by atoms with E-state index in [0.29, 0.717) is 36.7 Å². The van der Waals surface area contributed by atoms with E-state index in [9.17, 15) is 0 Å². The van der Waals surface area contributed by atoms with Crippen LogP contribution in [0.4, 0.5) is 0 Å². The number of hydrogen-bond acceptors (Lipinski definition) is 7. The van der Waals surface area contributed by atoms with Gasteiger partial charge < -0.3 is 19.5 Å². The number of likely N-dealkylation sites (N-methyl/N-ethyl adjacent to an activating group) is 1. The van der Waals surface area contributed by atoms with Gasteiger partial charge in [-0.2, -0.15) is 0 Å². The molecule has 1 fully saturated rings. The Morgan fingerprint density at radius 3 is 3.05 bits per heavy atom. The Kier molecular flexibility index (Phi) is 3.81. The molecule has 1 aliphatic rings. The van der Waals surface area contributed by atoms with Crippen molar-refractivity contribution in [2.75, 3.05) is 33.2 Å². The van der Waals surface area contributed by atoms with Gasteiger partial charge in [-0.3, -0.25) is 4.90 Å². The van der Waals surface area contributed by atoms with Gasteiger partial charge in [-0.25, -0.2) is 0 Å². The third-order valence-corrected chi connectivity index (χ3v) is 3.62. The van der Waals surface area contributed by atoms with Gasteiger partial charge in [-0.05, 0) is 19.2 Å². The van der Waals surface area contributed by atoms with Crippen molar-refractivity contribution in [3.63, 3.8) is 0 Å². The van der Waals surface area contributed by atoms with Gasteiger partial charge in [0.15, 0.2) is 5.76 Å². The fourth-order valence-electron chi connectivity index (χ4n) is 2.47. The normalized spacial score (nSPS) is 21.4. The Balaban J connectivity index is 1.68. The zero-order valence-electron chi connectivity index (χ0n) is 11.5. The van der Waals surface area contributed by atoms with E-state index in [1.54, 1.807) is 18.4 Å². The maximum atomic E-state index is 5.84. The molecular formula is C13H19N5O2. The summed E-state index contributed by atoms with van der Waals surface area (Å²) in [6.07, 6.45) is 1.59. The van der Waals surface area contributed by atoms with E-state index in [4.69, 9.17) is 14.6 Å². The maximum Gasteiger partial charge on any atom is 0.283 e. The van der Waals surface area contributed by atoms with Crippen molar-refractivity contribution < 1.29 is 8.83 Å². The molecule has 0 radical (unpaired) electrons. The first-order chi connectivity index (χ1) is 9.76. The molecule has 3 heterocycles. The van der Waals surface area contributed by atoms with Gasteiger partial charge in [0.2, 0.25) is 5.89 Å². The summed E-state index contributed by atoms with van der Waals surface area (Å²) in [6.45, 7) is 4.20. The minimum atomic E-state index is 0.327. The number of rotatable bonds is 4. The van der Waals surface area contributed by atoms with Crippen molar-refractivity contribution in [1.29, 1.82) is 0 Å². The highest BCUT2D eigenvalue weighted by atomic mass is 16.4. The highest BCUT2D eigenvalue weighted by Crippen LogP contribution is 2.19. The highest BCUT2D eigenvalue weighted by molar-refractivity contribution is 5.42. The fraction of sp³-hybridized carbons (Fsp3) is 0.538. The predicted molar refractivity (Wildman–Crippen MR) is 72.7 cm³/mol. The van der Waals surface area contributed by atoms with Crippen LogP contribution >= 0.6 is 0 Å². The Morgan fingerprint density at radius 1 is 1.40 bits per heavy atom. The number of piperazine rings is 1. The first-order valence-corrected chi connectivity index (χ1v) is 6.75. The monoisotopic (exact) mass is 277 g/mol. The topological polar surface area (TPSA) is 84.6 Å². The number of nitrogens with zero attached hydrogens (tertiary/aromatic N) is 4. The average molecular weight is 277 g/mol. The van der Waals surface area contributed by atoms with Crippen LogP contribution < -0.4 is 5.73 Å². The molecule has 7 heteroatoms. The molecule has 1 atom stereocenters. The number of hydrogen-bond donors (Lipinski definition) is 1. The minimum absolute atomic E-state index is 0.327. The van der Waals surface area contributed by atoms with Crippen molar-refractivity contribution in [2.45, 2.75) is 12.6 Å². The summed E-state index contributed by atoms with van der Waals surface area (Å²) in [5.74, 6) is 1.61. The van der Waals surface area contributed by atoms with E-state index < -0.39 is 0 Å². The molecule has 1 saturated heterocycles. The van der Waals surface area contributed by atoms with E-state index in [1.807, 2.05) is 0 Å². The lowest BCUT2D eigenvalue weighted by atomic mass is 10.2. The second-order valence-corrected chi connectivity index (χ2v) is 5.10. The molecule has 2 aromatic heterocycles. The maximum absolute atomic E-state index is 5.84. The Labute approximate surface area is 117 Å². The summed E-state index contributed by atoms with van der Waals surface area (Å²) >= 11 is 0. The summed E-state index contributed by atoms with van der Waals surface area (Å²) in [6, 6.07) is 3.92. The molecule has 1 unspecified atom stereocenters. The molecule has 0 bridgehead atoms. The number of nitrogens with two attached hydrogens (primary N) is 1. The van der Waals surface area contributed by atoms with Gasteiger partial charge >= 0.3 is 0 Å².